The van der Waals surface area contributed by atoms with Crippen molar-refractivity contribution < 1.29 is 68.0 Å². The van der Waals surface area contributed by atoms with Crippen LogP contribution in [0.15, 0.2) is 12.1 Å². The van der Waals surface area contributed by atoms with Crippen molar-refractivity contribution in [3.05, 3.63) is 29.1 Å². The van der Waals surface area contributed by atoms with Crippen LogP contribution in [0.2, 0.25) is 0 Å². The van der Waals surface area contributed by atoms with Gasteiger partial charge in [0.1, 0.15) is 0 Å². The zero-order valence-electron chi connectivity index (χ0n) is 27.8. The Kier molecular flexibility index (Phi) is 12.4. The normalized spacial score (nSPS) is 28.5. The summed E-state index contributed by atoms with van der Waals surface area (Å²) in [6, 6.07) is 2.95. The van der Waals surface area contributed by atoms with Crippen LogP contribution in [0.3, 0.4) is 0 Å². The van der Waals surface area contributed by atoms with Crippen LogP contribution in [0.1, 0.15) is 75.3 Å². The number of amides is 1. The number of hydrogen-bond acceptors (Lipinski definition) is 7. The molecule has 0 bridgehead atoms. The highest BCUT2D eigenvalue weighted by Gasteiger charge is 2.85. The summed E-state index contributed by atoms with van der Waals surface area (Å²) >= 11 is 0. The summed E-state index contributed by atoms with van der Waals surface area (Å²) in [5.41, 5.74) is -4.99. The predicted molar refractivity (Wildman–Crippen MR) is 170 cm³/mol. The van der Waals surface area contributed by atoms with E-state index in [1.54, 1.807) is 32.6 Å². The Morgan fingerprint density at radius 3 is 2.27 bits per heavy atom. The molecule has 1 saturated heterocycles. The van der Waals surface area contributed by atoms with Crippen LogP contribution >= 0.6 is 21.6 Å². The first kappa shape index (κ1) is 40.6. The van der Waals surface area contributed by atoms with Crippen molar-refractivity contribution in [2.75, 3.05) is 37.9 Å². The number of rotatable bonds is 11. The lowest BCUT2D eigenvalue weighted by atomic mass is 9.55. The minimum atomic E-state index is -6.78. The second kappa shape index (κ2) is 15.6. The largest absolute Gasteiger partial charge is 0.435 e. The van der Waals surface area contributed by atoms with E-state index in [1.165, 1.54) is 6.07 Å². The van der Waals surface area contributed by atoms with Crippen molar-refractivity contribution in [1.82, 2.24) is 4.90 Å². The van der Waals surface area contributed by atoms with E-state index in [0.717, 1.165) is 29.7 Å². The van der Waals surface area contributed by atoms with E-state index in [9.17, 15) is 49.4 Å². The third-order valence-electron chi connectivity index (χ3n) is 11.1. The first-order valence-electron chi connectivity index (χ1n) is 17.0. The first-order valence-corrected chi connectivity index (χ1v) is 19.5. The number of aryl methyl sites for hydroxylation is 1. The van der Waals surface area contributed by atoms with E-state index in [2.05, 4.69) is 4.74 Å². The summed E-state index contributed by atoms with van der Waals surface area (Å²) in [5.74, 6) is 1.02. The fraction of sp³-hybridized carbons (Fsp3) is 0.788. The quantitative estimate of drug-likeness (QED) is 0.136. The maximum atomic E-state index is 15.6. The van der Waals surface area contributed by atoms with Gasteiger partial charge in [-0.25, -0.2) is 9.18 Å². The van der Waals surface area contributed by atoms with Crippen molar-refractivity contribution in [3.63, 3.8) is 0 Å². The summed E-state index contributed by atoms with van der Waals surface area (Å²) in [6.45, 7) is 0.327. The molecule has 1 heterocycles. The highest BCUT2D eigenvalue weighted by molar-refractivity contribution is 8.76. The molecule has 1 aromatic rings. The van der Waals surface area contributed by atoms with Gasteiger partial charge >= 0.3 is 30.2 Å². The molecular formula is C33H41F10NO5S2. The number of halogens is 10. The highest BCUT2D eigenvalue weighted by atomic mass is 33.1. The van der Waals surface area contributed by atoms with Gasteiger partial charge in [-0.3, -0.25) is 0 Å². The van der Waals surface area contributed by atoms with E-state index >= 15 is 4.39 Å². The fourth-order valence-electron chi connectivity index (χ4n) is 8.63. The number of aliphatic hydroxyl groups excluding tert-OH is 1. The minimum absolute atomic E-state index is 0.0104. The number of aliphatic hydroxyl groups is 1. The zero-order chi connectivity index (χ0) is 37.4. The smallest absolute Gasteiger partial charge is 0.407 e. The highest BCUT2D eigenvalue weighted by Crippen LogP contribution is 2.62. The number of fused-ring (bicyclic) bond motifs is 5. The van der Waals surface area contributed by atoms with Gasteiger partial charge in [0, 0.05) is 37.3 Å². The van der Waals surface area contributed by atoms with E-state index < -0.39 is 67.2 Å². The number of ether oxygens (including phenoxy) is 3. The van der Waals surface area contributed by atoms with E-state index in [0.29, 0.717) is 44.3 Å². The van der Waals surface area contributed by atoms with Gasteiger partial charge in [-0.2, -0.15) is 39.5 Å². The van der Waals surface area contributed by atoms with Gasteiger partial charge in [0.05, 0.1) is 12.7 Å². The minimum Gasteiger partial charge on any atom is -0.407 e. The molecule has 1 aromatic carbocycles. The standard InChI is InChI=1S/C33H41F10NO5S2/c1-29-10-8-21-22(24(29)6-7-27(29)47-13-3-14-48-30(31(35,36)37,32(38,39)40)33(41,42)43)5-4-19-16-26(25(34)17-23(19)21)49-28(46)44(11-2-12-45)20-9-15-50-51-18-20/h16-17,20-22,24,27,45H,2-15,18H2,1H3/t20?,21?,22?,24?,27-,29-/m0/s1. The van der Waals surface area contributed by atoms with Gasteiger partial charge in [0.25, 0.3) is 0 Å². The maximum absolute atomic E-state index is 15.6. The van der Waals surface area contributed by atoms with Gasteiger partial charge in [-0.15, -0.1) is 0 Å². The Bertz CT molecular complexity index is 1340. The van der Waals surface area contributed by atoms with Crippen molar-refractivity contribution in [2.24, 2.45) is 17.3 Å². The topological polar surface area (TPSA) is 68.2 Å². The molecule has 2 saturated carbocycles. The molecule has 290 valence electrons. The monoisotopic (exact) mass is 785 g/mol. The predicted octanol–water partition coefficient (Wildman–Crippen LogP) is 9.24. The molecule has 1 N–H and O–H groups in total. The first-order chi connectivity index (χ1) is 23.9. The summed E-state index contributed by atoms with van der Waals surface area (Å²) in [7, 11) is 3.37. The third-order valence-corrected chi connectivity index (χ3v) is 13.6. The van der Waals surface area contributed by atoms with E-state index in [4.69, 9.17) is 9.47 Å². The summed E-state index contributed by atoms with van der Waals surface area (Å²) in [6.07, 6.45) is -17.0. The van der Waals surface area contributed by atoms with Crippen LogP contribution in [-0.4, -0.2) is 90.2 Å². The molecule has 3 fully saturated rings. The van der Waals surface area contributed by atoms with Gasteiger partial charge in [-0.1, -0.05) is 28.5 Å². The van der Waals surface area contributed by atoms with Crippen LogP contribution in [0.5, 0.6) is 5.75 Å². The Hall–Kier alpha value is -1.63. The van der Waals surface area contributed by atoms with E-state index in [-0.39, 0.29) is 42.7 Å². The number of carbonyl (C=O) groups excluding carboxylic acids is 1. The van der Waals surface area contributed by atoms with Crippen molar-refractivity contribution in [1.29, 1.82) is 0 Å². The van der Waals surface area contributed by atoms with Gasteiger partial charge in [0.15, 0.2) is 11.6 Å². The number of carbonyl (C=O) groups is 1. The van der Waals surface area contributed by atoms with Gasteiger partial charge in [0.2, 0.25) is 0 Å². The maximum Gasteiger partial charge on any atom is 0.435 e. The number of nitrogens with zero attached hydrogens (tertiary/aromatic N) is 1. The molecule has 4 unspecified atom stereocenters. The number of alkyl halides is 9. The second-order valence-corrected chi connectivity index (χ2v) is 16.6. The van der Waals surface area contributed by atoms with Crippen LogP contribution in [-0.2, 0) is 15.9 Å². The molecule has 6 atom stereocenters. The Labute approximate surface area is 297 Å². The molecule has 3 aliphatic carbocycles. The van der Waals surface area contributed by atoms with Gasteiger partial charge in [-0.05, 0) is 104 Å². The molecule has 4 aliphatic rings. The molecule has 5 rings (SSSR count). The number of hydrogen-bond donors (Lipinski definition) is 1. The molecule has 6 nitrogen and oxygen atoms in total. The average molecular weight is 786 g/mol. The van der Waals surface area contributed by atoms with E-state index in [1.807, 2.05) is 6.92 Å². The fourth-order valence-corrected chi connectivity index (χ4v) is 11.1. The molecular weight excluding hydrogens is 744 g/mol. The Morgan fingerprint density at radius 1 is 0.941 bits per heavy atom. The lowest BCUT2D eigenvalue weighted by Crippen LogP contribution is -2.67. The molecule has 0 spiro atoms. The summed E-state index contributed by atoms with van der Waals surface area (Å²) < 4.78 is 149. The molecule has 18 heteroatoms. The molecule has 0 aromatic heterocycles. The molecule has 1 aliphatic heterocycles. The van der Waals surface area contributed by atoms with Crippen LogP contribution < -0.4 is 4.74 Å². The molecule has 51 heavy (non-hydrogen) atoms. The van der Waals surface area contributed by atoms with Crippen LogP contribution in [0, 0.1) is 23.1 Å². The zero-order valence-corrected chi connectivity index (χ0v) is 29.4. The summed E-state index contributed by atoms with van der Waals surface area (Å²) in [5, 5.41) is 9.34. The average Bonchev–Trinajstić information content (AvgIpc) is 3.38. The lowest BCUT2D eigenvalue weighted by molar-refractivity contribution is -0.457. The van der Waals surface area contributed by atoms with Crippen LogP contribution in [0.4, 0.5) is 48.7 Å². The van der Waals surface area contributed by atoms with Crippen LogP contribution in [0.25, 0.3) is 0 Å². The van der Waals surface area contributed by atoms with Crippen molar-refractivity contribution in [3.8, 4) is 5.75 Å². The molecule has 1 amide bonds. The third kappa shape index (κ3) is 7.95. The SMILES string of the molecule is C[C@]12CCC3c4cc(F)c(OC(=O)N(CCCO)C5CCSSC5)cc4CCC3C1CC[C@@H]2OCCCOC(C(F)(F)F)(C(F)(F)F)C(F)(F)F. The van der Waals surface area contributed by atoms with Gasteiger partial charge < -0.3 is 24.2 Å². The van der Waals surface area contributed by atoms with Crippen molar-refractivity contribution in [2.45, 2.75) is 107 Å². The Morgan fingerprint density at radius 2 is 1.65 bits per heavy atom. The number of benzene rings is 1. The molecule has 0 radical (unpaired) electrons. The summed E-state index contributed by atoms with van der Waals surface area (Å²) in [4.78, 5) is 14.8. The Balaban J connectivity index is 1.20. The second-order valence-electron chi connectivity index (χ2n) is 13.9. The lowest BCUT2D eigenvalue weighted by Gasteiger charge is -2.50. The van der Waals surface area contributed by atoms with Crippen molar-refractivity contribution >= 4 is 27.7 Å².